The number of aldehydes is 1. The van der Waals surface area contributed by atoms with Crippen molar-refractivity contribution in [2.75, 3.05) is 0 Å². The molecule has 0 heterocycles. The lowest BCUT2D eigenvalue weighted by atomic mass is 9.96. The molecule has 1 N–H and O–H groups in total. The summed E-state index contributed by atoms with van der Waals surface area (Å²) in [6.45, 7) is 0. The highest BCUT2D eigenvalue weighted by atomic mass is 32.2. The molecule has 0 aromatic heterocycles. The highest BCUT2D eigenvalue weighted by Crippen LogP contribution is 2.46. The van der Waals surface area contributed by atoms with Crippen molar-refractivity contribution in [1.82, 2.24) is 0 Å². The minimum absolute atomic E-state index is 0.0486. The number of carbonyl (C=O) groups excluding carboxylic acids is 1. The zero-order valence-corrected chi connectivity index (χ0v) is 10.6. The van der Waals surface area contributed by atoms with Crippen molar-refractivity contribution in [3.8, 4) is 0 Å². The lowest BCUT2D eigenvalue weighted by Gasteiger charge is -2.15. The Bertz CT molecular complexity index is 536. The number of benzene rings is 1. The number of alkyl halides is 3. The normalized spacial score (nSPS) is 17.3. The second-order valence-electron chi connectivity index (χ2n) is 4.49. The Labute approximate surface area is 110 Å². The van der Waals surface area contributed by atoms with E-state index < -0.39 is 28.6 Å². The van der Waals surface area contributed by atoms with Gasteiger partial charge in [0.1, 0.15) is 6.29 Å². The summed E-state index contributed by atoms with van der Waals surface area (Å²) >= 11 is -2.29. The Morgan fingerprint density at radius 1 is 1.37 bits per heavy atom. The number of halogens is 3. The quantitative estimate of drug-likeness (QED) is 0.685. The van der Waals surface area contributed by atoms with Crippen molar-refractivity contribution in [3.63, 3.8) is 0 Å². The largest absolute Gasteiger partial charge is 0.416 e. The van der Waals surface area contributed by atoms with Crippen LogP contribution in [0.5, 0.6) is 0 Å². The molecule has 0 spiro atoms. The van der Waals surface area contributed by atoms with E-state index in [9.17, 15) is 22.2 Å². The average molecular weight is 292 g/mol. The molecule has 104 valence electrons. The molecule has 7 heteroatoms. The summed E-state index contributed by atoms with van der Waals surface area (Å²) in [6.07, 6.45) is -2.75. The van der Waals surface area contributed by atoms with Gasteiger partial charge in [0.15, 0.2) is 11.1 Å². The fraction of sp³-hybridized carbons (Fsp3) is 0.417. The van der Waals surface area contributed by atoms with Crippen LogP contribution in [0, 0.1) is 0 Å². The molecule has 1 fully saturated rings. The first kappa shape index (κ1) is 14.2. The minimum atomic E-state index is -4.52. The zero-order chi connectivity index (χ0) is 14.2. The molecule has 0 amide bonds. The van der Waals surface area contributed by atoms with Crippen LogP contribution >= 0.6 is 0 Å². The monoisotopic (exact) mass is 292 g/mol. The van der Waals surface area contributed by atoms with E-state index in [-0.39, 0.29) is 22.6 Å². The summed E-state index contributed by atoms with van der Waals surface area (Å²) in [7, 11) is 0. The lowest BCUT2D eigenvalue weighted by Crippen LogP contribution is -2.12. The van der Waals surface area contributed by atoms with Crippen molar-refractivity contribution in [2.45, 2.75) is 30.7 Å². The smallest absolute Gasteiger partial charge is 0.306 e. The first-order valence-electron chi connectivity index (χ1n) is 5.59. The summed E-state index contributed by atoms with van der Waals surface area (Å²) in [5.74, 6) is -0.647. The lowest BCUT2D eigenvalue weighted by molar-refractivity contribution is -0.138. The van der Waals surface area contributed by atoms with Gasteiger partial charge in [-0.15, -0.1) is 0 Å². The van der Waals surface area contributed by atoms with E-state index in [1.165, 1.54) is 6.07 Å². The van der Waals surface area contributed by atoms with Crippen LogP contribution in [0.1, 0.15) is 45.8 Å². The number of carbonyl (C=O) groups is 1. The maximum absolute atomic E-state index is 13.0. The maximum Gasteiger partial charge on any atom is 0.416 e. The van der Waals surface area contributed by atoms with Crippen molar-refractivity contribution >= 4 is 17.4 Å². The SMILES string of the molecule is O=Cc1cc(C2CC2)c(C(F)(F)F)cc1CS(=O)O. The van der Waals surface area contributed by atoms with Gasteiger partial charge >= 0.3 is 6.18 Å². The molecular weight excluding hydrogens is 281 g/mol. The standard InChI is InChI=1S/C12H11F3O3S/c13-12(14,15)11-4-9(6-19(17)18)8(5-16)3-10(11)7-1-2-7/h3-5,7H,1-2,6H2,(H,17,18). The molecule has 1 aromatic carbocycles. The molecule has 0 bridgehead atoms. The summed E-state index contributed by atoms with van der Waals surface area (Å²) in [6, 6.07) is 2.03. The highest BCUT2D eigenvalue weighted by molar-refractivity contribution is 7.78. The van der Waals surface area contributed by atoms with Gasteiger partial charge in [0.2, 0.25) is 0 Å². The van der Waals surface area contributed by atoms with Crippen molar-refractivity contribution in [2.24, 2.45) is 0 Å². The molecular formula is C12H11F3O3S. The van der Waals surface area contributed by atoms with Gasteiger partial charge in [-0.1, -0.05) is 0 Å². The van der Waals surface area contributed by atoms with Crippen LogP contribution in [-0.2, 0) is 23.0 Å². The second-order valence-corrected chi connectivity index (χ2v) is 5.43. The molecule has 0 saturated heterocycles. The highest BCUT2D eigenvalue weighted by Gasteiger charge is 2.38. The molecule has 1 saturated carbocycles. The molecule has 0 aliphatic heterocycles. The Hall–Kier alpha value is -1.21. The second kappa shape index (κ2) is 5.05. The zero-order valence-electron chi connectivity index (χ0n) is 9.74. The van der Waals surface area contributed by atoms with Crippen molar-refractivity contribution < 1.29 is 26.7 Å². The number of rotatable bonds is 4. The van der Waals surface area contributed by atoms with E-state index in [1.807, 2.05) is 0 Å². The molecule has 1 aliphatic carbocycles. The van der Waals surface area contributed by atoms with Gasteiger partial charge in [-0.05, 0) is 42.0 Å². The van der Waals surface area contributed by atoms with E-state index in [4.69, 9.17) is 4.55 Å². The van der Waals surface area contributed by atoms with E-state index in [1.54, 1.807) is 0 Å². The summed E-state index contributed by atoms with van der Waals surface area (Å²) in [5.41, 5.74) is -0.687. The van der Waals surface area contributed by atoms with Crippen LogP contribution in [0.15, 0.2) is 12.1 Å². The molecule has 1 atom stereocenters. The van der Waals surface area contributed by atoms with Crippen LogP contribution in [0.2, 0.25) is 0 Å². The van der Waals surface area contributed by atoms with Gasteiger partial charge in [-0.25, -0.2) is 4.21 Å². The fourth-order valence-electron chi connectivity index (χ4n) is 2.02. The third kappa shape index (κ3) is 3.22. The molecule has 0 radical (unpaired) electrons. The summed E-state index contributed by atoms with van der Waals surface area (Å²) in [4.78, 5) is 10.9. The van der Waals surface area contributed by atoms with Gasteiger partial charge in [0.05, 0.1) is 11.3 Å². The molecule has 1 aromatic rings. The van der Waals surface area contributed by atoms with Crippen LogP contribution in [-0.4, -0.2) is 15.0 Å². The molecule has 3 nitrogen and oxygen atoms in total. The number of hydrogen-bond donors (Lipinski definition) is 1. The molecule has 1 unspecified atom stereocenters. The molecule has 1 aliphatic rings. The first-order valence-corrected chi connectivity index (χ1v) is 6.87. The van der Waals surface area contributed by atoms with Gasteiger partial charge in [-0.2, -0.15) is 13.2 Å². The topological polar surface area (TPSA) is 54.4 Å². The van der Waals surface area contributed by atoms with E-state index in [0.29, 0.717) is 19.1 Å². The Morgan fingerprint density at radius 3 is 2.42 bits per heavy atom. The van der Waals surface area contributed by atoms with Gasteiger partial charge in [-0.3, -0.25) is 4.79 Å². The number of hydrogen-bond acceptors (Lipinski definition) is 2. The predicted molar refractivity (Wildman–Crippen MR) is 63.3 cm³/mol. The third-order valence-corrected chi connectivity index (χ3v) is 3.60. The van der Waals surface area contributed by atoms with Crippen LogP contribution in [0.4, 0.5) is 13.2 Å². The van der Waals surface area contributed by atoms with E-state index >= 15 is 0 Å². The predicted octanol–water partition coefficient (Wildman–Crippen LogP) is 3.12. The Morgan fingerprint density at radius 2 is 2.00 bits per heavy atom. The summed E-state index contributed by atoms with van der Waals surface area (Å²) < 4.78 is 58.4. The average Bonchev–Trinajstić information content (AvgIpc) is 3.10. The van der Waals surface area contributed by atoms with Gasteiger partial charge in [0.25, 0.3) is 0 Å². The molecule has 19 heavy (non-hydrogen) atoms. The summed E-state index contributed by atoms with van der Waals surface area (Å²) in [5, 5.41) is 0. The van der Waals surface area contributed by atoms with Gasteiger partial charge in [0, 0.05) is 5.56 Å². The minimum Gasteiger partial charge on any atom is -0.306 e. The molecule has 2 rings (SSSR count). The maximum atomic E-state index is 13.0. The van der Waals surface area contributed by atoms with Crippen molar-refractivity contribution in [3.05, 3.63) is 34.4 Å². The van der Waals surface area contributed by atoms with E-state index in [0.717, 1.165) is 6.07 Å². The third-order valence-electron chi connectivity index (χ3n) is 3.04. The van der Waals surface area contributed by atoms with Crippen LogP contribution in [0.25, 0.3) is 0 Å². The fourth-order valence-corrected chi connectivity index (χ4v) is 2.54. The first-order chi connectivity index (χ1) is 8.82. The van der Waals surface area contributed by atoms with Crippen LogP contribution < -0.4 is 0 Å². The van der Waals surface area contributed by atoms with Crippen LogP contribution in [0.3, 0.4) is 0 Å². The van der Waals surface area contributed by atoms with Crippen molar-refractivity contribution in [1.29, 1.82) is 0 Å². The Balaban J connectivity index is 2.56. The van der Waals surface area contributed by atoms with Gasteiger partial charge < -0.3 is 4.55 Å². The Kier molecular flexibility index (Phi) is 3.78. The van der Waals surface area contributed by atoms with E-state index in [2.05, 4.69) is 0 Å².